The van der Waals surface area contributed by atoms with Gasteiger partial charge in [0.2, 0.25) is 0 Å². The summed E-state index contributed by atoms with van der Waals surface area (Å²) in [5, 5.41) is 7.32. The topological polar surface area (TPSA) is 78.2 Å². The molecule has 0 aromatic heterocycles. The molecule has 0 bridgehead atoms. The maximum atomic E-state index is 10.7. The second-order valence-corrected chi connectivity index (χ2v) is 2.56. The van der Waals surface area contributed by atoms with Crippen molar-refractivity contribution >= 4 is 10.1 Å². The van der Waals surface area contributed by atoms with Gasteiger partial charge in [-0.2, -0.15) is 26.9 Å². The molecule has 0 rings (SSSR count). The fourth-order valence-electron chi connectivity index (χ4n) is 0. The summed E-state index contributed by atoms with van der Waals surface area (Å²) in [6.45, 7) is 1.43. The predicted octanol–water partition coefficient (Wildman–Crippen LogP) is 0.921. The Morgan fingerprint density at radius 3 is 1.50 bits per heavy atom. The fourth-order valence-corrected chi connectivity index (χ4v) is 0. The van der Waals surface area contributed by atoms with E-state index in [0.29, 0.717) is 0 Å². The maximum Gasteiger partial charge on any atom is 0.522 e. The van der Waals surface area contributed by atoms with Crippen LogP contribution in [-0.4, -0.2) is 18.5 Å². The maximum absolute atomic E-state index is 10.7. The van der Waals surface area contributed by atoms with Gasteiger partial charge in [-0.15, -0.1) is 0 Å². The molecule has 0 aliphatic heterocycles. The van der Waals surface area contributed by atoms with E-state index in [1.165, 1.54) is 6.92 Å². The molecule has 1 N–H and O–H groups in total. The summed E-state index contributed by atoms with van der Waals surface area (Å²) in [5.41, 5.74) is -5.53. The number of nitrogens with zero attached hydrogens (tertiary/aromatic N) is 1. The molecule has 0 heterocycles. The molecule has 0 saturated carbocycles. The van der Waals surface area contributed by atoms with Crippen molar-refractivity contribution in [3.8, 4) is 6.07 Å². The van der Waals surface area contributed by atoms with Gasteiger partial charge in [0.15, 0.2) is 0 Å². The Morgan fingerprint density at radius 1 is 1.42 bits per heavy atom. The van der Waals surface area contributed by atoms with Crippen LogP contribution < -0.4 is 0 Å². The minimum absolute atomic E-state index is 0. The quantitative estimate of drug-likeness (QED) is 0.410. The Morgan fingerprint density at radius 2 is 1.50 bits per heavy atom. The molecule has 0 saturated heterocycles. The first kappa shape index (κ1) is 17.9. The van der Waals surface area contributed by atoms with Gasteiger partial charge in [0, 0.05) is 29.3 Å². The largest absolute Gasteiger partial charge is 0.522 e. The van der Waals surface area contributed by atoms with Crippen LogP contribution in [0.4, 0.5) is 13.2 Å². The van der Waals surface area contributed by atoms with E-state index in [9.17, 15) is 13.2 Å². The van der Waals surface area contributed by atoms with Gasteiger partial charge in [-0.3, -0.25) is 4.55 Å². The molecule has 0 atom stereocenters. The summed E-state index contributed by atoms with van der Waals surface area (Å²) in [7, 11) is -5.84. The summed E-state index contributed by atoms with van der Waals surface area (Å²) >= 11 is 0. The first-order valence-corrected chi connectivity index (χ1v) is 3.45. The van der Waals surface area contributed by atoms with Crippen molar-refractivity contribution in [3.63, 3.8) is 0 Å². The minimum atomic E-state index is -5.84. The van der Waals surface area contributed by atoms with Crippen LogP contribution in [0.15, 0.2) is 0 Å². The van der Waals surface area contributed by atoms with E-state index in [2.05, 4.69) is 0 Å². The Kier molecular flexibility index (Phi) is 9.60. The molecule has 0 spiro atoms. The van der Waals surface area contributed by atoms with Crippen molar-refractivity contribution in [3.05, 3.63) is 0 Å². The smallest absolute Gasteiger partial charge is 0.279 e. The van der Waals surface area contributed by atoms with Gasteiger partial charge in [-0.1, -0.05) is 0 Å². The molecule has 0 unspecified atom stereocenters. The zero-order chi connectivity index (χ0) is 9.71. The summed E-state index contributed by atoms with van der Waals surface area (Å²) in [5.74, 6) is 0. The Labute approximate surface area is 82.6 Å². The summed E-state index contributed by atoms with van der Waals surface area (Å²) < 4.78 is 57.5. The van der Waals surface area contributed by atoms with Gasteiger partial charge in [-0.05, 0) is 0 Å². The van der Waals surface area contributed by atoms with Crippen molar-refractivity contribution in [2.45, 2.75) is 12.4 Å². The van der Waals surface area contributed by atoms with Crippen LogP contribution in [0.5, 0.6) is 0 Å². The normalized spacial score (nSPS) is 10.0. The van der Waals surface area contributed by atoms with Crippen LogP contribution in [0.3, 0.4) is 0 Å². The molecule has 0 aliphatic rings. The van der Waals surface area contributed by atoms with Crippen LogP contribution >= 0.6 is 0 Å². The van der Waals surface area contributed by atoms with Crippen molar-refractivity contribution in [2.75, 3.05) is 0 Å². The van der Waals surface area contributed by atoms with Crippen LogP contribution in [0.25, 0.3) is 0 Å². The molecule has 0 aromatic carbocycles. The fraction of sp³-hybridized carbons (Fsp3) is 0.667. The second kappa shape index (κ2) is 6.45. The molecule has 12 heavy (non-hydrogen) atoms. The van der Waals surface area contributed by atoms with E-state index < -0.39 is 15.6 Å². The zero-order valence-corrected chi connectivity index (χ0v) is 7.85. The van der Waals surface area contributed by atoms with Gasteiger partial charge in [0.25, 0.3) is 0 Å². The molecule has 0 aliphatic carbocycles. The third kappa shape index (κ3) is 9.93. The van der Waals surface area contributed by atoms with Crippen molar-refractivity contribution in [1.29, 1.82) is 5.26 Å². The number of alkyl halides is 3. The molecule has 77 valence electrons. The van der Waals surface area contributed by atoms with Gasteiger partial charge >= 0.3 is 15.6 Å². The Hall–Kier alpha value is -0.0697. The third-order valence-corrected chi connectivity index (χ3v) is 0.877. The number of hydrogen-bond donors (Lipinski definition) is 1. The number of nitriles is 1. The predicted molar refractivity (Wildman–Crippen MR) is 28.9 cm³/mol. The first-order valence-electron chi connectivity index (χ1n) is 2.01. The van der Waals surface area contributed by atoms with Gasteiger partial charge < -0.3 is 0 Å². The minimum Gasteiger partial charge on any atom is -0.279 e. The second-order valence-electron chi connectivity index (χ2n) is 1.14. The summed E-state index contributed by atoms with van der Waals surface area (Å²) in [6.07, 6.45) is 0. The van der Waals surface area contributed by atoms with Crippen molar-refractivity contribution in [1.82, 2.24) is 0 Å². The number of hydrogen-bond acceptors (Lipinski definition) is 3. The van der Waals surface area contributed by atoms with Gasteiger partial charge in [0.1, 0.15) is 0 Å². The van der Waals surface area contributed by atoms with E-state index in [0.717, 1.165) is 0 Å². The van der Waals surface area contributed by atoms with Crippen molar-refractivity contribution in [2.24, 2.45) is 0 Å². The van der Waals surface area contributed by atoms with E-state index in [1.54, 1.807) is 6.07 Å². The Balaban J connectivity index is -0.000000177. The van der Waals surface area contributed by atoms with Crippen molar-refractivity contribution < 1.29 is 48.5 Å². The Bertz CT molecular complexity index is 240. The van der Waals surface area contributed by atoms with E-state index in [1.807, 2.05) is 0 Å². The molecule has 4 nitrogen and oxygen atoms in total. The van der Waals surface area contributed by atoms with E-state index in [4.69, 9.17) is 18.2 Å². The average Bonchev–Trinajstić information content (AvgIpc) is 1.60. The number of halogens is 3. The molecule has 9 heteroatoms. The van der Waals surface area contributed by atoms with Gasteiger partial charge in [0.05, 0.1) is 6.07 Å². The van der Waals surface area contributed by atoms with Gasteiger partial charge in [-0.25, -0.2) is 0 Å². The van der Waals surface area contributed by atoms with E-state index in [-0.39, 0.29) is 22.4 Å². The van der Waals surface area contributed by atoms with E-state index >= 15 is 0 Å². The van der Waals surface area contributed by atoms with Crippen LogP contribution in [-0.2, 0) is 32.5 Å². The third-order valence-electron chi connectivity index (χ3n) is 0.292. The molecule has 0 amide bonds. The number of rotatable bonds is 0. The monoisotopic (exact) mass is 298 g/mol. The molecule has 0 aromatic rings. The zero-order valence-electron chi connectivity index (χ0n) is 5.55. The molecule has 1 radical (unpaired) electrons. The van der Waals surface area contributed by atoms with Crippen LogP contribution in [0.2, 0.25) is 0 Å². The van der Waals surface area contributed by atoms with Crippen LogP contribution in [0, 0.1) is 11.3 Å². The standard InChI is InChI=1S/C2H3N.CHF3O3S.Ag/c1-2-3;2-1(3,4)8(5,6)7;/h1H3;(H,5,6,7);. The first-order chi connectivity index (χ1) is 4.66. The average molecular weight is 299 g/mol. The summed E-state index contributed by atoms with van der Waals surface area (Å²) in [6, 6.07) is 1.75. The summed E-state index contributed by atoms with van der Waals surface area (Å²) in [4.78, 5) is 0. The molecule has 0 fully saturated rings. The molecular weight excluding hydrogens is 295 g/mol. The molecular formula is C3H4AgF3NO3S. The SMILES string of the molecule is CC#N.O=S(=O)(O)C(F)(F)F.[Ag]. The van der Waals surface area contributed by atoms with Crippen LogP contribution in [0.1, 0.15) is 6.92 Å².